The molecule has 2 fully saturated rings. The molecule has 0 radical (unpaired) electrons. The van der Waals surface area contributed by atoms with E-state index < -0.39 is 47.7 Å². The second kappa shape index (κ2) is 27.7. The van der Waals surface area contributed by atoms with Crippen LogP contribution in [0.1, 0.15) is 186 Å². The molecule has 4 aliphatic rings. The fraction of sp³-hybridized carbons (Fsp3) is 0.405. The van der Waals surface area contributed by atoms with Gasteiger partial charge in [-0.15, -0.1) is 0 Å². The summed E-state index contributed by atoms with van der Waals surface area (Å²) in [6, 6.07) is 34.2. The first kappa shape index (κ1) is 71.0. The molecular formula is C84H90N2O16. The van der Waals surface area contributed by atoms with E-state index in [2.05, 4.69) is 83.1 Å². The Labute approximate surface area is 595 Å². The van der Waals surface area contributed by atoms with Crippen LogP contribution < -0.4 is 18.9 Å². The predicted octanol–water partition coefficient (Wildman–Crippen LogP) is 17.5. The molecule has 4 amide bonds. The molecule has 0 saturated carbocycles. The summed E-state index contributed by atoms with van der Waals surface area (Å²) in [5.74, 6) is -2.88. The first-order chi connectivity index (χ1) is 48.5. The van der Waals surface area contributed by atoms with E-state index in [1.54, 1.807) is 24.3 Å². The largest absolute Gasteiger partial charge is 0.462 e. The topological polar surface area (TPSA) is 208 Å². The molecule has 2 saturated heterocycles. The lowest BCUT2D eigenvalue weighted by atomic mass is 9.80. The van der Waals surface area contributed by atoms with Crippen molar-refractivity contribution in [1.82, 2.24) is 9.80 Å². The third-order valence-electron chi connectivity index (χ3n) is 19.4. The number of epoxide rings is 2. The van der Waals surface area contributed by atoms with Crippen LogP contribution in [-0.4, -0.2) is 123 Å². The number of carbonyl (C=O) groups excluding carboxylic acids is 6. The van der Waals surface area contributed by atoms with Gasteiger partial charge in [-0.25, -0.2) is 9.59 Å². The lowest BCUT2D eigenvalue weighted by Gasteiger charge is -2.35. The molecule has 3 unspecified atom stereocenters. The summed E-state index contributed by atoms with van der Waals surface area (Å²) in [6.07, 6.45) is 0.859. The predicted molar refractivity (Wildman–Crippen MR) is 390 cm³/mol. The van der Waals surface area contributed by atoms with Gasteiger partial charge >= 0.3 is 11.9 Å². The quantitative estimate of drug-likeness (QED) is 0.0123. The molecule has 532 valence electrons. The highest BCUT2D eigenvalue weighted by molar-refractivity contribution is 6.45. The van der Waals surface area contributed by atoms with Crippen molar-refractivity contribution in [1.29, 1.82) is 0 Å². The molecule has 0 N–H and O–H groups in total. The smallest absolute Gasteiger partial charge is 0.329 e. The number of hydrogen-bond donors (Lipinski definition) is 0. The molecule has 9 aromatic carbocycles. The van der Waals surface area contributed by atoms with Gasteiger partial charge in [0.25, 0.3) is 23.6 Å². The van der Waals surface area contributed by atoms with Crippen molar-refractivity contribution in [2.75, 3.05) is 52.9 Å². The second-order valence-electron chi connectivity index (χ2n) is 31.2. The number of fused-ring (bicyclic) bond motifs is 2. The lowest BCUT2D eigenvalue weighted by molar-refractivity contribution is -0.151. The number of hydrogen-bond acceptors (Lipinski definition) is 16. The van der Waals surface area contributed by atoms with Crippen molar-refractivity contribution >= 4 is 78.7 Å². The van der Waals surface area contributed by atoms with Crippen molar-refractivity contribution in [2.45, 2.75) is 169 Å². The molecule has 0 aromatic heterocycles. The zero-order valence-electron chi connectivity index (χ0n) is 60.8. The molecule has 0 aliphatic carbocycles. The molecule has 18 nitrogen and oxygen atoms in total. The van der Waals surface area contributed by atoms with Crippen molar-refractivity contribution in [3.63, 3.8) is 0 Å². The van der Waals surface area contributed by atoms with E-state index in [1.165, 1.54) is 0 Å². The number of ether oxygens (including phenoxy) is 10. The van der Waals surface area contributed by atoms with Gasteiger partial charge in [-0.3, -0.25) is 29.0 Å². The summed E-state index contributed by atoms with van der Waals surface area (Å²) in [5.41, 5.74) is 3.12. The SMILES string of the molecule is CCCC(C(=O)OCCOCC1CO1)N1C(=O)c2cc(Oc3ccc(C(C)(C)C)cc3)c3c4c(Oc5ccc(C(C)(C)C)cc5)cc5c6c(cc(Oc7ccc(C(C)(C)C)cc7)c(c7c(Oc8ccc(C(C)(C)C)cc8)cc(c2c37)C1=O)c64)C(=O)N(C(CCC)C(=O)OCCOC[C@H]1CO1)C5=O. The van der Waals surface area contributed by atoms with Crippen LogP contribution in [0.15, 0.2) is 121 Å². The number of carbonyl (C=O) groups is 6. The zero-order chi connectivity index (χ0) is 72.5. The Balaban J connectivity index is 1.15. The van der Waals surface area contributed by atoms with E-state index in [1.807, 2.05) is 111 Å². The number of nitrogens with zero attached hydrogens (tertiary/aromatic N) is 2. The average Bonchev–Trinajstić information content (AvgIpc) is 1.22. The van der Waals surface area contributed by atoms with Crippen molar-refractivity contribution in [3.8, 4) is 46.0 Å². The van der Waals surface area contributed by atoms with Crippen LogP contribution in [0.2, 0.25) is 0 Å². The van der Waals surface area contributed by atoms with E-state index in [9.17, 15) is 9.59 Å². The zero-order valence-corrected chi connectivity index (χ0v) is 60.8. The highest BCUT2D eigenvalue weighted by Gasteiger charge is 2.47. The number of rotatable bonds is 26. The third-order valence-corrected chi connectivity index (χ3v) is 19.4. The van der Waals surface area contributed by atoms with Gasteiger partial charge in [0.15, 0.2) is 0 Å². The molecule has 4 aliphatic heterocycles. The van der Waals surface area contributed by atoms with E-state index in [-0.39, 0.29) is 129 Å². The summed E-state index contributed by atoms with van der Waals surface area (Å²) in [7, 11) is 0. The molecule has 18 heteroatoms. The maximum absolute atomic E-state index is 16.2. The summed E-state index contributed by atoms with van der Waals surface area (Å²) in [4.78, 5) is 96.2. The molecular weight excluding hydrogens is 1290 g/mol. The Morgan fingerprint density at radius 3 is 0.843 bits per heavy atom. The minimum Gasteiger partial charge on any atom is -0.462 e. The van der Waals surface area contributed by atoms with Gasteiger partial charge in [-0.1, -0.05) is 158 Å². The van der Waals surface area contributed by atoms with Gasteiger partial charge in [-0.05, 0) is 130 Å². The molecule has 4 atom stereocenters. The van der Waals surface area contributed by atoms with Gasteiger partial charge in [-0.2, -0.15) is 0 Å². The van der Waals surface area contributed by atoms with Crippen molar-refractivity contribution in [3.05, 3.63) is 166 Å². The number of esters is 2. The van der Waals surface area contributed by atoms with E-state index in [0.717, 1.165) is 32.1 Å². The van der Waals surface area contributed by atoms with Crippen molar-refractivity contribution in [2.24, 2.45) is 0 Å². The van der Waals surface area contributed by atoms with Gasteiger partial charge in [0.2, 0.25) is 0 Å². The standard InChI is InChI=1S/C84H90N2O16/c1-15-17-61(79(91)95-37-35-93-43-55-45-97-55)85-75(87)57-39-63(99-51-27-19-47(20-28-51)81(3,4)5)69-71-65(101-53-31-23-49(24-32-53)83(9,10)11)41-59-68-60(78(90)86(77(59)89)62(18-16-2)80(92)96-38-36-94-44-56-46-98-56)42-66(102-54-33-25-50(26-34-54)84(12,13)14)72(74(68)71)70-64(40-58(76(85)88)67(57)73(69)70)100-52-29-21-48(22-30-52)82(6,7)8/h19-34,39-42,55-56,61-62H,15-18,35-38,43-46H2,1-14H3/t55-,56?,61?,62?/m0/s1. The highest BCUT2D eigenvalue weighted by Crippen LogP contribution is 2.58. The van der Waals surface area contributed by atoms with Crippen LogP contribution in [-0.2, 0) is 59.7 Å². The second-order valence-corrected chi connectivity index (χ2v) is 31.2. The Morgan fingerprint density at radius 2 is 0.627 bits per heavy atom. The highest BCUT2D eigenvalue weighted by atomic mass is 16.6. The maximum atomic E-state index is 16.2. The van der Waals surface area contributed by atoms with E-state index in [4.69, 9.17) is 47.4 Å². The molecule has 4 heterocycles. The summed E-state index contributed by atoms with van der Waals surface area (Å²) in [5, 5.41) is 2.20. The number of imide groups is 2. The number of benzene rings is 9. The van der Waals surface area contributed by atoms with Crippen LogP contribution in [0.4, 0.5) is 0 Å². The first-order valence-electron chi connectivity index (χ1n) is 35.5. The van der Waals surface area contributed by atoms with Crippen LogP contribution in [0, 0.1) is 0 Å². The average molecular weight is 1380 g/mol. The Bertz CT molecular complexity index is 4190. The Morgan fingerprint density at radius 1 is 0.382 bits per heavy atom. The number of amides is 4. The maximum Gasteiger partial charge on any atom is 0.329 e. The van der Waals surface area contributed by atoms with E-state index >= 15 is 19.2 Å². The third kappa shape index (κ3) is 14.1. The molecule has 9 aromatic rings. The normalized spacial score (nSPS) is 16.7. The Kier molecular flexibility index (Phi) is 19.3. The van der Waals surface area contributed by atoms with Crippen LogP contribution in [0.25, 0.3) is 43.1 Å². The monoisotopic (exact) mass is 1380 g/mol. The summed E-state index contributed by atoms with van der Waals surface area (Å²) < 4.78 is 63.0. The van der Waals surface area contributed by atoms with Crippen LogP contribution >= 0.6 is 0 Å². The van der Waals surface area contributed by atoms with Crippen LogP contribution in [0.5, 0.6) is 46.0 Å². The van der Waals surface area contributed by atoms with Gasteiger partial charge in [0.1, 0.15) is 83.5 Å². The molecule has 0 bridgehead atoms. The van der Waals surface area contributed by atoms with E-state index in [0.29, 0.717) is 94.6 Å². The summed E-state index contributed by atoms with van der Waals surface area (Å²) in [6.45, 7) is 30.7. The van der Waals surface area contributed by atoms with Gasteiger partial charge < -0.3 is 47.4 Å². The first-order valence-corrected chi connectivity index (χ1v) is 35.5. The molecule has 102 heavy (non-hydrogen) atoms. The van der Waals surface area contributed by atoms with Crippen molar-refractivity contribution < 1.29 is 76.1 Å². The van der Waals surface area contributed by atoms with Gasteiger partial charge in [0, 0.05) is 43.1 Å². The summed E-state index contributed by atoms with van der Waals surface area (Å²) >= 11 is 0. The molecule has 0 spiro atoms. The van der Waals surface area contributed by atoms with Gasteiger partial charge in [0.05, 0.1) is 61.9 Å². The van der Waals surface area contributed by atoms with Crippen LogP contribution in [0.3, 0.4) is 0 Å². The lowest BCUT2D eigenvalue weighted by Crippen LogP contribution is -2.51. The Hall–Kier alpha value is -9.46. The minimum atomic E-state index is -1.39. The minimum absolute atomic E-state index is 0.0153. The fourth-order valence-electron chi connectivity index (χ4n) is 13.6. The fourth-order valence-corrected chi connectivity index (χ4v) is 13.6. The molecule has 13 rings (SSSR count).